The van der Waals surface area contributed by atoms with E-state index in [9.17, 15) is 8.42 Å². The van der Waals surface area contributed by atoms with E-state index >= 15 is 0 Å². The molecule has 0 fully saturated rings. The topological polar surface area (TPSA) is 82.9 Å². The Kier molecular flexibility index (Phi) is 1.89. The Bertz CT molecular complexity index is 185. The van der Waals surface area contributed by atoms with E-state index in [4.69, 9.17) is 5.53 Å². The maximum Gasteiger partial charge on any atom is 0.320 e. The highest BCUT2D eigenvalue weighted by Crippen LogP contribution is 1.95. The zero-order valence-electron chi connectivity index (χ0n) is 2.94. The number of rotatable bonds is 1. The highest BCUT2D eigenvalue weighted by Gasteiger charge is 1.94. The lowest BCUT2D eigenvalue weighted by Gasteiger charge is -1.68. The molecular formula is ClN3O2S. The van der Waals surface area contributed by atoms with E-state index in [0.717, 1.165) is 0 Å². The van der Waals surface area contributed by atoms with Gasteiger partial charge in [-0.2, -0.15) is 0 Å². The van der Waals surface area contributed by atoms with Gasteiger partial charge in [0.15, 0.2) is 0 Å². The average Bonchev–Trinajstić information content (AvgIpc) is 1.30. The number of azide groups is 1. The summed E-state index contributed by atoms with van der Waals surface area (Å²) in [6.45, 7) is 0. The highest BCUT2D eigenvalue weighted by molar-refractivity contribution is 8.12. The molecule has 0 aromatic heterocycles. The van der Waals surface area contributed by atoms with Crippen molar-refractivity contribution in [2.45, 2.75) is 0 Å². The fourth-order valence-electron chi connectivity index (χ4n) is 0.0436. The second-order valence-corrected chi connectivity index (χ2v) is 2.74. The Hall–Kier alpha value is -0.450. The van der Waals surface area contributed by atoms with Gasteiger partial charge in [-0.1, -0.05) is 0 Å². The third kappa shape index (κ3) is 5.55. The van der Waals surface area contributed by atoms with Crippen molar-refractivity contribution in [3.05, 3.63) is 10.4 Å². The predicted molar refractivity (Wildman–Crippen MR) is 23.9 cm³/mol. The van der Waals surface area contributed by atoms with Crippen molar-refractivity contribution in [3.8, 4) is 0 Å². The van der Waals surface area contributed by atoms with Gasteiger partial charge in [0.2, 0.25) is 0 Å². The molecule has 0 aromatic carbocycles. The quantitative estimate of drug-likeness (QED) is 0.234. The Labute approximate surface area is 44.1 Å². The van der Waals surface area contributed by atoms with Crippen LogP contribution in [0.3, 0.4) is 0 Å². The third-order valence-electron chi connectivity index (χ3n) is 0.134. The van der Waals surface area contributed by atoms with Gasteiger partial charge in [0, 0.05) is 20.1 Å². The Morgan fingerprint density at radius 3 is 2.14 bits per heavy atom. The van der Waals surface area contributed by atoms with Crippen LogP contribution in [0.2, 0.25) is 0 Å². The second kappa shape index (κ2) is 2.02. The molecule has 0 saturated heterocycles. The number of hydrogen-bond acceptors (Lipinski definition) is 2. The number of nitrogens with zero attached hydrogens (tertiary/aromatic N) is 3. The smallest absolute Gasteiger partial charge is 0.204 e. The van der Waals surface area contributed by atoms with Crippen molar-refractivity contribution in [2.24, 2.45) is 4.52 Å². The molecule has 0 rings (SSSR count). The minimum absolute atomic E-state index is 1.91. The molecule has 0 radical (unpaired) electrons. The molecule has 0 aromatic rings. The first kappa shape index (κ1) is 6.55. The highest BCUT2D eigenvalue weighted by atomic mass is 35.7. The monoisotopic (exact) mass is 141 g/mol. The van der Waals surface area contributed by atoms with Crippen molar-refractivity contribution in [1.29, 1.82) is 0 Å². The molecule has 40 valence electrons. The maximum atomic E-state index is 9.58. The summed E-state index contributed by atoms with van der Waals surface area (Å²) in [6, 6.07) is 0. The minimum atomic E-state index is -3.99. The van der Waals surface area contributed by atoms with Crippen LogP contribution in [0.4, 0.5) is 0 Å². The first-order valence-corrected chi connectivity index (χ1v) is 3.34. The molecule has 0 heterocycles. The van der Waals surface area contributed by atoms with Gasteiger partial charge >= 0.3 is 9.24 Å². The zero-order valence-corrected chi connectivity index (χ0v) is 4.52. The molecule has 0 aliphatic carbocycles. The van der Waals surface area contributed by atoms with Crippen LogP contribution in [0, 0.1) is 0 Å². The van der Waals surface area contributed by atoms with Crippen LogP contribution in [0.5, 0.6) is 0 Å². The van der Waals surface area contributed by atoms with Crippen molar-refractivity contribution < 1.29 is 8.42 Å². The maximum absolute atomic E-state index is 9.58. The van der Waals surface area contributed by atoms with Crippen LogP contribution in [0.15, 0.2) is 4.52 Å². The average molecular weight is 142 g/mol. The van der Waals surface area contributed by atoms with Crippen LogP contribution in [0.25, 0.3) is 10.4 Å². The van der Waals surface area contributed by atoms with Gasteiger partial charge in [0.1, 0.15) is 0 Å². The fourth-order valence-corrected chi connectivity index (χ4v) is 0.214. The van der Waals surface area contributed by atoms with Gasteiger partial charge in [-0.3, -0.25) is 0 Å². The molecule has 0 unspecified atom stereocenters. The summed E-state index contributed by atoms with van der Waals surface area (Å²) >= 11 is 0. The van der Waals surface area contributed by atoms with Crippen LogP contribution in [-0.2, 0) is 9.24 Å². The number of halogens is 1. The van der Waals surface area contributed by atoms with Crippen LogP contribution in [0.1, 0.15) is 0 Å². The predicted octanol–water partition coefficient (Wildman–Crippen LogP) is 0.780. The SMILES string of the molecule is [N-]=[N+]=NS(=O)(=O)Cl. The van der Waals surface area contributed by atoms with Crippen LogP contribution < -0.4 is 0 Å². The summed E-state index contributed by atoms with van der Waals surface area (Å²) in [6.07, 6.45) is 0. The van der Waals surface area contributed by atoms with Gasteiger partial charge in [-0.25, -0.2) is 8.42 Å². The largest absolute Gasteiger partial charge is 0.320 e. The van der Waals surface area contributed by atoms with Gasteiger partial charge < -0.3 is 0 Å². The first-order valence-electron chi connectivity index (χ1n) is 1.07. The fraction of sp³-hybridized carbons (Fsp3) is 0. The summed E-state index contributed by atoms with van der Waals surface area (Å²) < 4.78 is 21.3. The summed E-state index contributed by atoms with van der Waals surface area (Å²) in [5.74, 6) is 0. The van der Waals surface area contributed by atoms with Crippen LogP contribution in [-0.4, -0.2) is 8.42 Å². The molecule has 7 heavy (non-hydrogen) atoms. The lowest BCUT2D eigenvalue weighted by Crippen LogP contribution is -1.74. The van der Waals surface area contributed by atoms with Gasteiger partial charge in [-0.15, -0.1) is 0 Å². The molecule has 7 heteroatoms. The van der Waals surface area contributed by atoms with Crippen molar-refractivity contribution in [3.63, 3.8) is 0 Å². The van der Waals surface area contributed by atoms with E-state index in [0.29, 0.717) is 0 Å². The van der Waals surface area contributed by atoms with Crippen molar-refractivity contribution in [1.82, 2.24) is 0 Å². The Morgan fingerprint density at radius 2 is 2.14 bits per heavy atom. The van der Waals surface area contributed by atoms with E-state index in [1.807, 2.05) is 4.91 Å². The van der Waals surface area contributed by atoms with E-state index in [1.54, 1.807) is 0 Å². The second-order valence-electron chi connectivity index (χ2n) is 0.583. The molecule has 0 aliphatic rings. The van der Waals surface area contributed by atoms with Gasteiger partial charge in [0.05, 0.1) is 0 Å². The van der Waals surface area contributed by atoms with E-state index < -0.39 is 9.24 Å². The molecule has 0 spiro atoms. The molecule has 0 saturated carbocycles. The third-order valence-corrected chi connectivity index (χ3v) is 0.587. The van der Waals surface area contributed by atoms with E-state index in [1.165, 1.54) is 0 Å². The summed E-state index contributed by atoms with van der Waals surface area (Å²) in [5.41, 5.74) is 7.40. The van der Waals surface area contributed by atoms with Crippen LogP contribution >= 0.6 is 10.7 Å². The lowest BCUT2D eigenvalue weighted by molar-refractivity contribution is 0.611. The molecule has 0 atom stereocenters. The minimum Gasteiger partial charge on any atom is -0.204 e. The zero-order chi connectivity index (χ0) is 5.91. The summed E-state index contributed by atoms with van der Waals surface area (Å²) in [7, 11) is 0.391. The molecular weight excluding hydrogens is 142 g/mol. The van der Waals surface area contributed by atoms with Gasteiger partial charge in [0.25, 0.3) is 0 Å². The van der Waals surface area contributed by atoms with E-state index in [2.05, 4.69) is 15.2 Å². The summed E-state index contributed by atoms with van der Waals surface area (Å²) in [5, 5.41) is 0. The first-order chi connectivity index (χ1) is 3.06. The lowest BCUT2D eigenvalue weighted by atomic mass is 13.0. The molecule has 0 aliphatic heterocycles. The molecule has 5 nitrogen and oxygen atoms in total. The Balaban J connectivity index is 4.44. The van der Waals surface area contributed by atoms with Gasteiger partial charge in [-0.05, 0) is 5.53 Å². The van der Waals surface area contributed by atoms with E-state index in [-0.39, 0.29) is 0 Å². The number of hydrogen-bond donors (Lipinski definition) is 0. The molecule has 0 bridgehead atoms. The molecule has 0 N–H and O–H groups in total. The Morgan fingerprint density at radius 1 is 1.71 bits per heavy atom. The van der Waals surface area contributed by atoms with Crippen molar-refractivity contribution >= 4 is 19.9 Å². The molecule has 0 amide bonds. The van der Waals surface area contributed by atoms with Crippen molar-refractivity contribution in [2.75, 3.05) is 0 Å². The standard InChI is InChI=1S/ClN3O2S/c1-7(5,6)4-3-2. The summed E-state index contributed by atoms with van der Waals surface area (Å²) in [4.78, 5) is 1.91. The normalized spacial score (nSPS) is 9.86.